The van der Waals surface area contributed by atoms with Crippen LogP contribution < -0.4 is 21.4 Å². The second kappa shape index (κ2) is 6.47. The van der Waals surface area contributed by atoms with E-state index in [2.05, 4.69) is 20.8 Å². The fourth-order valence-electron chi connectivity index (χ4n) is 2.16. The number of carbonyl (C=O) groups is 2. The minimum atomic E-state index is -0.835. The molecule has 0 unspecified atom stereocenters. The third kappa shape index (κ3) is 3.08. The number of amides is 3. The van der Waals surface area contributed by atoms with Gasteiger partial charge in [-0.1, -0.05) is 29.8 Å². The quantitative estimate of drug-likeness (QED) is 0.428. The zero-order chi connectivity index (χ0) is 17.1. The smallest absolute Gasteiger partial charge is 0.316 e. The van der Waals surface area contributed by atoms with Crippen LogP contribution >= 0.6 is 11.6 Å². The number of rotatable bonds is 4. The van der Waals surface area contributed by atoms with Gasteiger partial charge in [-0.25, -0.2) is 9.78 Å². The average molecular weight is 346 g/mol. The Balaban J connectivity index is 1.80. The number of para-hydroxylation sites is 1. The van der Waals surface area contributed by atoms with E-state index in [0.29, 0.717) is 5.56 Å². The maximum absolute atomic E-state index is 12.3. The molecule has 3 amide bonds. The first-order valence-electron chi connectivity index (χ1n) is 6.80. The lowest BCUT2D eigenvalue weighted by atomic mass is 10.2. The highest BCUT2D eigenvalue weighted by atomic mass is 35.5. The van der Waals surface area contributed by atoms with Crippen LogP contribution in [0.2, 0.25) is 5.15 Å². The minimum absolute atomic E-state index is 0.0207. The molecule has 8 nitrogen and oxygen atoms in total. The molecular weight excluding hydrogens is 334 g/mol. The van der Waals surface area contributed by atoms with Gasteiger partial charge in [0.2, 0.25) is 0 Å². The van der Waals surface area contributed by atoms with Crippen molar-refractivity contribution in [1.29, 1.82) is 0 Å². The van der Waals surface area contributed by atoms with E-state index in [1.165, 1.54) is 12.3 Å². The summed E-state index contributed by atoms with van der Waals surface area (Å²) in [5.74, 6) is -0.368. The molecule has 3 aromatic rings. The summed E-state index contributed by atoms with van der Waals surface area (Å²) in [7, 11) is 0. The summed E-state index contributed by atoms with van der Waals surface area (Å²) < 4.78 is 0. The van der Waals surface area contributed by atoms with Gasteiger partial charge in [0.05, 0.1) is 5.56 Å². The summed E-state index contributed by atoms with van der Waals surface area (Å²) >= 11 is 5.89. The predicted molar refractivity (Wildman–Crippen MR) is 88.8 cm³/mol. The first kappa shape index (κ1) is 15.6. The predicted octanol–water partition coefficient (Wildman–Crippen LogP) is 2.43. The van der Waals surface area contributed by atoms with E-state index in [4.69, 9.17) is 22.2 Å². The van der Waals surface area contributed by atoms with Gasteiger partial charge in [0, 0.05) is 29.4 Å². The Labute approximate surface area is 140 Å². The van der Waals surface area contributed by atoms with E-state index in [0.717, 1.165) is 10.9 Å². The Kier molecular flexibility index (Phi) is 4.21. The van der Waals surface area contributed by atoms with Gasteiger partial charge in [0.15, 0.2) is 10.9 Å². The summed E-state index contributed by atoms with van der Waals surface area (Å²) in [6.07, 6.45) is 2.94. The normalized spacial score (nSPS) is 10.4. The Hall–Kier alpha value is -3.26. The lowest BCUT2D eigenvalue weighted by Gasteiger charge is -2.11. The number of nitrogens with two attached hydrogens (primary N) is 1. The Morgan fingerprint density at radius 2 is 2.04 bits per heavy atom. The Morgan fingerprint density at radius 3 is 2.83 bits per heavy atom. The zero-order valence-electron chi connectivity index (χ0n) is 12.2. The van der Waals surface area contributed by atoms with Crippen LogP contribution in [0.25, 0.3) is 10.9 Å². The first-order valence-corrected chi connectivity index (χ1v) is 7.18. The molecule has 1 aromatic carbocycles. The number of primary amides is 1. The summed E-state index contributed by atoms with van der Waals surface area (Å²) in [6, 6.07) is 7.93. The molecule has 2 heterocycles. The van der Waals surface area contributed by atoms with E-state index in [-0.39, 0.29) is 16.6 Å². The van der Waals surface area contributed by atoms with Crippen LogP contribution in [0.4, 0.5) is 10.5 Å². The molecule has 0 aliphatic heterocycles. The van der Waals surface area contributed by atoms with Crippen molar-refractivity contribution in [2.24, 2.45) is 5.73 Å². The average Bonchev–Trinajstić information content (AvgIpc) is 2.99. The van der Waals surface area contributed by atoms with Crippen LogP contribution in [0.5, 0.6) is 5.75 Å². The number of fused-ring (bicyclic) bond motifs is 1. The number of aromatic amines is 1. The number of pyridine rings is 1. The Morgan fingerprint density at radius 1 is 1.25 bits per heavy atom. The Bertz CT molecular complexity index is 924. The van der Waals surface area contributed by atoms with Crippen molar-refractivity contribution in [1.82, 2.24) is 15.4 Å². The zero-order valence-corrected chi connectivity index (χ0v) is 12.9. The van der Waals surface area contributed by atoms with Gasteiger partial charge in [-0.05, 0) is 6.07 Å². The molecule has 0 saturated heterocycles. The molecule has 5 N–H and O–H groups in total. The second-order valence-electron chi connectivity index (χ2n) is 4.75. The topological polar surface area (TPSA) is 122 Å². The monoisotopic (exact) mass is 345 g/mol. The molecule has 9 heteroatoms. The van der Waals surface area contributed by atoms with Crippen molar-refractivity contribution in [3.63, 3.8) is 0 Å². The van der Waals surface area contributed by atoms with Crippen LogP contribution in [0.3, 0.4) is 0 Å². The lowest BCUT2D eigenvalue weighted by Crippen LogP contribution is -2.28. The molecule has 0 fully saturated rings. The standard InChI is InChI=1S/C15H12ClN5O3/c16-13-12(20-15(17)23)11(5-6-18-13)24-21-14(22)9-7-19-10-4-2-1-3-8(9)10/h1-7,19H,(H,21,22)(H3,17,20,23). The molecule has 122 valence electrons. The van der Waals surface area contributed by atoms with Crippen LogP contribution in [0, 0.1) is 0 Å². The van der Waals surface area contributed by atoms with Crippen molar-refractivity contribution in [2.45, 2.75) is 0 Å². The van der Waals surface area contributed by atoms with Gasteiger partial charge in [0.25, 0.3) is 5.91 Å². The highest BCUT2D eigenvalue weighted by Gasteiger charge is 2.15. The fourth-order valence-corrected chi connectivity index (χ4v) is 2.35. The van der Waals surface area contributed by atoms with E-state index in [1.807, 2.05) is 24.3 Å². The van der Waals surface area contributed by atoms with Crippen LogP contribution in [0.1, 0.15) is 10.4 Å². The molecule has 0 spiro atoms. The van der Waals surface area contributed by atoms with Crippen LogP contribution in [0.15, 0.2) is 42.7 Å². The van der Waals surface area contributed by atoms with Gasteiger partial charge in [0.1, 0.15) is 5.69 Å². The summed E-state index contributed by atoms with van der Waals surface area (Å²) in [4.78, 5) is 35.4. The van der Waals surface area contributed by atoms with E-state index >= 15 is 0 Å². The maximum atomic E-state index is 12.3. The highest BCUT2D eigenvalue weighted by Crippen LogP contribution is 2.29. The van der Waals surface area contributed by atoms with Crippen molar-refractivity contribution >= 4 is 40.1 Å². The first-order chi connectivity index (χ1) is 11.6. The van der Waals surface area contributed by atoms with E-state index in [1.54, 1.807) is 6.20 Å². The number of hydrogen-bond acceptors (Lipinski definition) is 4. The number of urea groups is 1. The fraction of sp³-hybridized carbons (Fsp3) is 0. The van der Waals surface area contributed by atoms with Crippen molar-refractivity contribution in [2.75, 3.05) is 5.32 Å². The molecule has 2 aromatic heterocycles. The number of nitrogens with one attached hydrogen (secondary N) is 3. The molecule has 0 saturated carbocycles. The molecule has 3 rings (SSSR count). The molecule has 0 radical (unpaired) electrons. The molecule has 24 heavy (non-hydrogen) atoms. The summed E-state index contributed by atoms with van der Waals surface area (Å²) in [5, 5.41) is 3.02. The van der Waals surface area contributed by atoms with Gasteiger partial charge >= 0.3 is 6.03 Å². The largest absolute Gasteiger partial charge is 0.377 e. The van der Waals surface area contributed by atoms with Crippen molar-refractivity contribution in [3.8, 4) is 5.75 Å². The second-order valence-corrected chi connectivity index (χ2v) is 5.10. The number of H-pyrrole nitrogens is 1. The van der Waals surface area contributed by atoms with Gasteiger partial charge < -0.3 is 20.9 Å². The summed E-state index contributed by atoms with van der Waals surface area (Å²) in [5.41, 5.74) is 8.67. The number of carbonyl (C=O) groups excluding carboxylic acids is 2. The number of hydroxylamine groups is 1. The van der Waals surface area contributed by atoms with Crippen molar-refractivity contribution < 1.29 is 14.4 Å². The highest BCUT2D eigenvalue weighted by molar-refractivity contribution is 6.32. The number of aromatic nitrogens is 2. The lowest BCUT2D eigenvalue weighted by molar-refractivity contribution is 0.0763. The third-order valence-corrected chi connectivity index (χ3v) is 3.49. The van der Waals surface area contributed by atoms with Gasteiger partial charge in [-0.15, -0.1) is 0 Å². The SMILES string of the molecule is NC(=O)Nc1c(ONC(=O)c2c[nH]c3ccccc23)ccnc1Cl. The molecule has 0 aliphatic rings. The molecule has 0 aliphatic carbocycles. The number of anilines is 1. The third-order valence-electron chi connectivity index (χ3n) is 3.20. The maximum Gasteiger partial charge on any atom is 0.316 e. The molecule has 0 atom stereocenters. The summed E-state index contributed by atoms with van der Waals surface area (Å²) in [6.45, 7) is 0. The number of nitrogens with zero attached hydrogens (tertiary/aromatic N) is 1. The molecule has 0 bridgehead atoms. The van der Waals surface area contributed by atoms with Crippen molar-refractivity contribution in [3.05, 3.63) is 53.4 Å². The number of hydrogen-bond donors (Lipinski definition) is 4. The van der Waals surface area contributed by atoms with E-state index < -0.39 is 11.9 Å². The van der Waals surface area contributed by atoms with Gasteiger partial charge in [-0.3, -0.25) is 4.79 Å². The minimum Gasteiger partial charge on any atom is -0.377 e. The van der Waals surface area contributed by atoms with E-state index in [9.17, 15) is 9.59 Å². The molecular formula is C15H12ClN5O3. The van der Waals surface area contributed by atoms with Crippen LogP contribution in [-0.2, 0) is 0 Å². The van der Waals surface area contributed by atoms with Gasteiger partial charge in [-0.2, -0.15) is 5.48 Å². The number of benzene rings is 1. The van der Waals surface area contributed by atoms with Crippen LogP contribution in [-0.4, -0.2) is 21.9 Å². The number of halogens is 1.